The number of nitrogens with one attached hydrogen (secondary N) is 2. The molecule has 1 atom stereocenters. The number of primary amides is 1. The third-order valence-electron chi connectivity index (χ3n) is 6.61. The minimum atomic E-state index is -1.25. The first-order valence-corrected chi connectivity index (χ1v) is 12.6. The highest BCUT2D eigenvalue weighted by Gasteiger charge is 2.39. The normalized spacial score (nSPS) is 14.5. The molecule has 5 rings (SSSR count). The molecule has 1 unspecified atom stereocenters. The van der Waals surface area contributed by atoms with Crippen LogP contribution in [0.25, 0.3) is 10.9 Å². The molecule has 190 valence electrons. The Kier molecular flexibility index (Phi) is 6.62. The standard InChI is InChI=1S/C26H25FN6O3S/c27-17-10-4-6-12-19(17)33(26(36)23-20(28)21(24(29)34)32-37-23)22(25(35)31-14-7-1-2-8-14)16-13-30-18-11-5-3-9-15(16)18/h3-6,9-14,22,30H,1-2,7-8,28H2,(H2,29,34)(H,31,35). The number of nitrogen functional groups attached to an aromatic ring is 1. The van der Waals surface area contributed by atoms with Gasteiger partial charge < -0.3 is 21.8 Å². The second kappa shape index (κ2) is 10.0. The third-order valence-corrected chi connectivity index (χ3v) is 7.46. The summed E-state index contributed by atoms with van der Waals surface area (Å²) < 4.78 is 19.2. The van der Waals surface area contributed by atoms with Crippen LogP contribution in [0, 0.1) is 5.82 Å². The molecule has 6 N–H and O–H groups in total. The average molecular weight is 521 g/mol. The zero-order chi connectivity index (χ0) is 26.1. The second-order valence-corrected chi connectivity index (χ2v) is 9.72. The maximum atomic E-state index is 15.3. The number of anilines is 2. The van der Waals surface area contributed by atoms with Crippen LogP contribution in [0.1, 0.15) is 57.4 Å². The Labute approximate surface area is 215 Å². The smallest absolute Gasteiger partial charge is 0.273 e. The minimum Gasteiger partial charge on any atom is -0.395 e. The monoisotopic (exact) mass is 520 g/mol. The van der Waals surface area contributed by atoms with Gasteiger partial charge in [-0.05, 0) is 42.6 Å². The first-order valence-electron chi connectivity index (χ1n) is 11.9. The van der Waals surface area contributed by atoms with Gasteiger partial charge in [-0.3, -0.25) is 19.3 Å². The number of H-pyrrole nitrogens is 1. The van der Waals surface area contributed by atoms with Crippen LogP contribution in [0.2, 0.25) is 0 Å². The topological polar surface area (TPSA) is 147 Å². The molecule has 2 heterocycles. The Hall–Kier alpha value is -4.25. The Morgan fingerprint density at radius 1 is 1.11 bits per heavy atom. The fourth-order valence-corrected chi connectivity index (χ4v) is 5.56. The van der Waals surface area contributed by atoms with E-state index < -0.39 is 29.6 Å². The van der Waals surface area contributed by atoms with Gasteiger partial charge in [-0.15, -0.1) is 0 Å². The molecule has 1 aliphatic rings. The average Bonchev–Trinajstić information content (AvgIpc) is 3.63. The highest BCUT2D eigenvalue weighted by atomic mass is 32.1. The summed E-state index contributed by atoms with van der Waals surface area (Å²) in [6.07, 6.45) is 5.28. The predicted molar refractivity (Wildman–Crippen MR) is 140 cm³/mol. The molecular weight excluding hydrogens is 495 g/mol. The van der Waals surface area contributed by atoms with Crippen LogP contribution in [0.15, 0.2) is 54.7 Å². The molecule has 1 fully saturated rings. The van der Waals surface area contributed by atoms with Gasteiger partial charge in [0, 0.05) is 28.7 Å². The molecule has 0 spiro atoms. The van der Waals surface area contributed by atoms with Crippen LogP contribution < -0.4 is 21.7 Å². The van der Waals surface area contributed by atoms with Gasteiger partial charge >= 0.3 is 0 Å². The van der Waals surface area contributed by atoms with Gasteiger partial charge in [-0.1, -0.05) is 43.2 Å². The lowest BCUT2D eigenvalue weighted by Crippen LogP contribution is -2.46. The van der Waals surface area contributed by atoms with Gasteiger partial charge in [-0.25, -0.2) is 4.39 Å². The van der Waals surface area contributed by atoms with E-state index in [1.807, 2.05) is 24.3 Å². The molecule has 1 saturated carbocycles. The van der Waals surface area contributed by atoms with Crippen LogP contribution >= 0.6 is 11.5 Å². The molecule has 0 saturated heterocycles. The molecule has 2 aromatic heterocycles. The number of halogens is 1. The Bertz CT molecular complexity index is 1490. The van der Waals surface area contributed by atoms with Gasteiger partial charge in [0.05, 0.1) is 11.4 Å². The second-order valence-electron chi connectivity index (χ2n) is 8.95. The molecule has 37 heavy (non-hydrogen) atoms. The molecule has 0 radical (unpaired) electrons. The van der Waals surface area contributed by atoms with Crippen molar-refractivity contribution in [1.29, 1.82) is 0 Å². The fraction of sp³-hybridized carbons (Fsp3) is 0.231. The molecular formula is C26H25FN6O3S. The summed E-state index contributed by atoms with van der Waals surface area (Å²) in [5, 5.41) is 3.77. The van der Waals surface area contributed by atoms with E-state index in [0.29, 0.717) is 22.5 Å². The zero-order valence-electron chi connectivity index (χ0n) is 19.7. The van der Waals surface area contributed by atoms with E-state index in [-0.39, 0.29) is 28.0 Å². The summed E-state index contributed by atoms with van der Waals surface area (Å²) in [7, 11) is 0. The number of rotatable bonds is 7. The molecule has 0 aliphatic heterocycles. The maximum Gasteiger partial charge on any atom is 0.273 e. The number of hydrogen-bond acceptors (Lipinski definition) is 6. The number of aromatic amines is 1. The number of para-hydroxylation sites is 2. The van der Waals surface area contributed by atoms with Crippen molar-refractivity contribution >= 4 is 51.5 Å². The van der Waals surface area contributed by atoms with E-state index in [1.165, 1.54) is 18.2 Å². The van der Waals surface area contributed by atoms with Gasteiger partial charge in [0.1, 0.15) is 16.7 Å². The fourth-order valence-electron chi connectivity index (χ4n) is 4.82. The number of carbonyl (C=O) groups excluding carboxylic acids is 3. The van der Waals surface area contributed by atoms with Gasteiger partial charge in [0.2, 0.25) is 5.91 Å². The van der Waals surface area contributed by atoms with Crippen molar-refractivity contribution in [2.75, 3.05) is 10.6 Å². The quantitative estimate of drug-likeness (QED) is 0.292. The first-order chi connectivity index (χ1) is 17.9. The Morgan fingerprint density at radius 2 is 1.81 bits per heavy atom. The summed E-state index contributed by atoms with van der Waals surface area (Å²) in [5.74, 6) is -2.82. The van der Waals surface area contributed by atoms with E-state index in [4.69, 9.17) is 11.5 Å². The SMILES string of the molecule is NC(=O)c1nsc(C(=O)N(c2ccccc2F)C(C(=O)NC2CCCC2)c2c[nH]c3ccccc23)c1N. The highest BCUT2D eigenvalue weighted by Crippen LogP contribution is 2.37. The van der Waals surface area contributed by atoms with E-state index >= 15 is 4.39 Å². The summed E-state index contributed by atoms with van der Waals surface area (Å²) in [4.78, 5) is 43.9. The molecule has 4 aromatic rings. The Morgan fingerprint density at radius 3 is 2.51 bits per heavy atom. The molecule has 11 heteroatoms. The van der Waals surface area contributed by atoms with Crippen LogP contribution in [0.4, 0.5) is 15.8 Å². The number of hydrogen-bond donors (Lipinski definition) is 4. The van der Waals surface area contributed by atoms with Crippen molar-refractivity contribution in [1.82, 2.24) is 14.7 Å². The third kappa shape index (κ3) is 4.53. The van der Waals surface area contributed by atoms with E-state index in [9.17, 15) is 14.4 Å². The first kappa shape index (κ1) is 24.4. The number of nitrogens with two attached hydrogens (primary N) is 2. The highest BCUT2D eigenvalue weighted by molar-refractivity contribution is 7.09. The summed E-state index contributed by atoms with van der Waals surface area (Å²) in [5.41, 5.74) is 12.1. The van der Waals surface area contributed by atoms with E-state index in [0.717, 1.165) is 36.1 Å². The van der Waals surface area contributed by atoms with Crippen molar-refractivity contribution in [3.63, 3.8) is 0 Å². The van der Waals surface area contributed by atoms with Crippen LogP contribution in [-0.2, 0) is 4.79 Å². The summed E-state index contributed by atoms with van der Waals surface area (Å²) in [6, 6.07) is 11.7. The van der Waals surface area contributed by atoms with Crippen molar-refractivity contribution < 1.29 is 18.8 Å². The van der Waals surface area contributed by atoms with Gasteiger partial charge in [0.15, 0.2) is 5.69 Å². The largest absolute Gasteiger partial charge is 0.395 e. The van der Waals surface area contributed by atoms with Crippen LogP contribution in [-0.4, -0.2) is 33.1 Å². The van der Waals surface area contributed by atoms with Gasteiger partial charge in [-0.2, -0.15) is 4.37 Å². The molecule has 9 nitrogen and oxygen atoms in total. The number of nitrogens with zero attached hydrogens (tertiary/aromatic N) is 2. The maximum absolute atomic E-state index is 15.3. The summed E-state index contributed by atoms with van der Waals surface area (Å²) in [6.45, 7) is 0. The predicted octanol–water partition coefficient (Wildman–Crippen LogP) is 3.89. The zero-order valence-corrected chi connectivity index (χ0v) is 20.6. The molecule has 2 aromatic carbocycles. The number of benzene rings is 2. The Balaban J connectivity index is 1.70. The number of amides is 3. The van der Waals surface area contributed by atoms with E-state index in [2.05, 4.69) is 14.7 Å². The van der Waals surface area contributed by atoms with Crippen molar-refractivity contribution in [2.24, 2.45) is 5.73 Å². The lowest BCUT2D eigenvalue weighted by Gasteiger charge is -2.32. The van der Waals surface area contributed by atoms with E-state index in [1.54, 1.807) is 12.3 Å². The lowest BCUT2D eigenvalue weighted by molar-refractivity contribution is -0.123. The minimum absolute atomic E-state index is 0.0484. The number of aromatic nitrogens is 2. The molecule has 0 bridgehead atoms. The van der Waals surface area contributed by atoms with Crippen molar-refractivity contribution in [3.05, 3.63) is 76.7 Å². The van der Waals surface area contributed by atoms with Crippen molar-refractivity contribution in [3.8, 4) is 0 Å². The van der Waals surface area contributed by atoms with Gasteiger partial charge in [0.25, 0.3) is 11.8 Å². The van der Waals surface area contributed by atoms with Crippen LogP contribution in [0.3, 0.4) is 0 Å². The summed E-state index contributed by atoms with van der Waals surface area (Å²) >= 11 is 0.675. The number of carbonyl (C=O) groups is 3. The molecule has 3 amide bonds. The lowest BCUT2D eigenvalue weighted by atomic mass is 10.0. The molecule has 1 aliphatic carbocycles. The number of fused-ring (bicyclic) bond motifs is 1. The van der Waals surface area contributed by atoms with Crippen LogP contribution in [0.5, 0.6) is 0 Å². The van der Waals surface area contributed by atoms with Crippen molar-refractivity contribution in [2.45, 2.75) is 37.8 Å².